The summed E-state index contributed by atoms with van der Waals surface area (Å²) in [6, 6.07) is 3.68. The van der Waals surface area contributed by atoms with E-state index in [-0.39, 0.29) is 11.7 Å². The van der Waals surface area contributed by atoms with Gasteiger partial charge in [0.15, 0.2) is 17.3 Å². The van der Waals surface area contributed by atoms with E-state index < -0.39 is 0 Å². The van der Waals surface area contributed by atoms with Gasteiger partial charge in [-0.2, -0.15) is 0 Å². The maximum Gasteiger partial charge on any atom is 0.167 e. The van der Waals surface area contributed by atoms with Crippen molar-refractivity contribution >= 4 is 21.7 Å². The van der Waals surface area contributed by atoms with Crippen LogP contribution in [0.2, 0.25) is 0 Å². The first-order chi connectivity index (χ1) is 8.75. The van der Waals surface area contributed by atoms with E-state index in [1.807, 2.05) is 12.1 Å². The quantitative estimate of drug-likeness (QED) is 0.783. The molecule has 0 amide bonds. The van der Waals surface area contributed by atoms with Crippen molar-refractivity contribution < 1.29 is 14.3 Å². The first-order valence-corrected chi connectivity index (χ1v) is 7.18. The predicted molar refractivity (Wildman–Crippen MR) is 71.4 cm³/mol. The number of carbonyl (C=O) groups is 1. The van der Waals surface area contributed by atoms with Gasteiger partial charge in [-0.05, 0) is 40.9 Å². The topological polar surface area (TPSA) is 35.5 Å². The number of Topliss-reactive ketones (excluding diaryl/α,β-unsaturated/α-hetero) is 1. The first-order valence-electron chi connectivity index (χ1n) is 6.39. The molecule has 0 radical (unpaired) electrons. The molecular weight excluding hydrogens is 296 g/mol. The van der Waals surface area contributed by atoms with Crippen LogP contribution >= 0.6 is 15.9 Å². The van der Waals surface area contributed by atoms with Gasteiger partial charge in [-0.25, -0.2) is 0 Å². The van der Waals surface area contributed by atoms with E-state index in [2.05, 4.69) is 15.9 Å². The Kier molecular flexibility index (Phi) is 3.29. The highest BCUT2D eigenvalue weighted by Crippen LogP contribution is 2.38. The Morgan fingerprint density at radius 3 is 2.39 bits per heavy atom. The fourth-order valence-electron chi connectivity index (χ4n) is 2.26. The third-order valence-electron chi connectivity index (χ3n) is 3.58. The summed E-state index contributed by atoms with van der Waals surface area (Å²) < 4.78 is 12.0. The molecule has 1 aliphatic carbocycles. The van der Waals surface area contributed by atoms with Crippen LogP contribution in [-0.2, 0) is 0 Å². The van der Waals surface area contributed by atoms with Crippen molar-refractivity contribution in [3.63, 3.8) is 0 Å². The number of halogens is 1. The van der Waals surface area contributed by atoms with Gasteiger partial charge in [-0.3, -0.25) is 4.79 Å². The highest BCUT2D eigenvalue weighted by atomic mass is 79.9. The number of hydrogen-bond acceptors (Lipinski definition) is 3. The molecule has 0 N–H and O–H groups in total. The van der Waals surface area contributed by atoms with Gasteiger partial charge >= 0.3 is 0 Å². The van der Waals surface area contributed by atoms with E-state index in [1.54, 1.807) is 0 Å². The molecule has 18 heavy (non-hydrogen) atoms. The maximum absolute atomic E-state index is 12.3. The van der Waals surface area contributed by atoms with Gasteiger partial charge in [0.25, 0.3) is 0 Å². The zero-order valence-corrected chi connectivity index (χ0v) is 11.7. The summed E-state index contributed by atoms with van der Waals surface area (Å²) in [6.07, 6.45) is 4.07. The van der Waals surface area contributed by atoms with Gasteiger partial charge in [0.05, 0.1) is 13.2 Å². The fourth-order valence-corrected chi connectivity index (χ4v) is 2.78. The minimum absolute atomic E-state index is 0.200. The molecule has 1 aliphatic heterocycles. The summed E-state index contributed by atoms with van der Waals surface area (Å²) in [5.74, 6) is 1.85. The number of ether oxygens (including phenoxy) is 2. The van der Waals surface area contributed by atoms with Crippen LogP contribution in [0.3, 0.4) is 0 Å². The lowest BCUT2D eigenvalue weighted by molar-refractivity contribution is 0.0854. The molecular formula is C14H15BrO3. The highest BCUT2D eigenvalue weighted by molar-refractivity contribution is 9.10. The lowest BCUT2D eigenvalue weighted by Gasteiger charge is -2.24. The van der Waals surface area contributed by atoms with Crippen LogP contribution in [0.15, 0.2) is 16.6 Å². The predicted octanol–water partition coefficient (Wildman–Crippen LogP) is 3.59. The monoisotopic (exact) mass is 310 g/mol. The normalized spacial score (nSPS) is 18.9. The summed E-state index contributed by atoms with van der Waals surface area (Å²) in [7, 11) is 0. The Balaban J connectivity index is 1.94. The third kappa shape index (κ3) is 2.14. The lowest BCUT2D eigenvalue weighted by Crippen LogP contribution is -2.22. The molecule has 1 heterocycles. The van der Waals surface area contributed by atoms with Gasteiger partial charge in [0, 0.05) is 22.4 Å². The number of ketones is 1. The zero-order valence-electron chi connectivity index (χ0n) is 10.1. The summed E-state index contributed by atoms with van der Waals surface area (Å²) in [4.78, 5) is 12.3. The number of rotatable bonds is 2. The van der Waals surface area contributed by atoms with E-state index in [0.717, 1.165) is 35.0 Å². The number of carbonyl (C=O) groups excluding carboxylic acids is 1. The second-order valence-corrected chi connectivity index (χ2v) is 5.68. The minimum Gasteiger partial charge on any atom is -0.490 e. The lowest BCUT2D eigenvalue weighted by atomic mass is 9.80. The van der Waals surface area contributed by atoms with Crippen LogP contribution in [-0.4, -0.2) is 19.0 Å². The van der Waals surface area contributed by atoms with Gasteiger partial charge in [-0.15, -0.1) is 0 Å². The van der Waals surface area contributed by atoms with Crippen LogP contribution < -0.4 is 9.47 Å². The molecule has 1 aromatic carbocycles. The first kappa shape index (κ1) is 12.0. The van der Waals surface area contributed by atoms with Gasteiger partial charge in [0.2, 0.25) is 0 Å². The van der Waals surface area contributed by atoms with Gasteiger partial charge < -0.3 is 9.47 Å². The molecule has 1 fully saturated rings. The summed E-state index contributed by atoms with van der Waals surface area (Å²) in [5, 5.41) is 0. The van der Waals surface area contributed by atoms with Crippen molar-refractivity contribution in [1.82, 2.24) is 0 Å². The second kappa shape index (κ2) is 4.92. The number of fused-ring (bicyclic) bond motifs is 1. The zero-order chi connectivity index (χ0) is 12.5. The second-order valence-electron chi connectivity index (χ2n) is 4.82. The summed E-state index contributed by atoms with van der Waals surface area (Å²) in [6.45, 7) is 1.31. The van der Waals surface area contributed by atoms with E-state index in [4.69, 9.17) is 9.47 Å². The van der Waals surface area contributed by atoms with E-state index in [1.165, 1.54) is 6.42 Å². The van der Waals surface area contributed by atoms with E-state index >= 15 is 0 Å². The van der Waals surface area contributed by atoms with Crippen molar-refractivity contribution in [2.75, 3.05) is 13.2 Å². The van der Waals surface area contributed by atoms with E-state index in [0.29, 0.717) is 19.0 Å². The molecule has 3 nitrogen and oxygen atoms in total. The maximum atomic E-state index is 12.3. The van der Waals surface area contributed by atoms with Crippen LogP contribution in [0.25, 0.3) is 0 Å². The van der Waals surface area contributed by atoms with Crippen LogP contribution in [0.1, 0.15) is 36.0 Å². The van der Waals surface area contributed by atoms with Gasteiger partial charge in [-0.1, -0.05) is 6.42 Å². The Hall–Kier alpha value is -1.03. The molecule has 0 aromatic heterocycles. The van der Waals surface area contributed by atoms with Crippen LogP contribution in [0.4, 0.5) is 0 Å². The molecule has 0 atom stereocenters. The molecule has 2 aliphatic rings. The van der Waals surface area contributed by atoms with Crippen molar-refractivity contribution in [3.8, 4) is 11.5 Å². The summed E-state index contributed by atoms with van der Waals surface area (Å²) in [5.41, 5.74) is 0.726. The Labute approximate surface area is 115 Å². The molecule has 4 heteroatoms. The molecule has 1 aromatic rings. The molecule has 96 valence electrons. The highest BCUT2D eigenvalue weighted by Gasteiger charge is 2.28. The fraction of sp³-hybridized carbons (Fsp3) is 0.500. The average molecular weight is 311 g/mol. The molecule has 1 saturated carbocycles. The van der Waals surface area contributed by atoms with Crippen molar-refractivity contribution in [3.05, 3.63) is 22.2 Å². The van der Waals surface area contributed by atoms with Crippen molar-refractivity contribution in [1.29, 1.82) is 0 Å². The number of hydrogen-bond donors (Lipinski definition) is 0. The molecule has 3 rings (SSSR count). The largest absolute Gasteiger partial charge is 0.490 e. The van der Waals surface area contributed by atoms with E-state index in [9.17, 15) is 4.79 Å². The average Bonchev–Trinajstić information content (AvgIpc) is 2.50. The smallest absolute Gasteiger partial charge is 0.167 e. The standard InChI is InChI=1S/C14H15BrO3/c15-11-8-13-12(17-5-2-6-18-13)7-10(11)14(16)9-3-1-4-9/h7-9H,1-6H2. The molecule has 0 spiro atoms. The Bertz CT molecular complexity index is 480. The van der Waals surface area contributed by atoms with Crippen LogP contribution in [0.5, 0.6) is 11.5 Å². The Morgan fingerprint density at radius 2 is 1.78 bits per heavy atom. The molecule has 0 bridgehead atoms. The molecule has 0 saturated heterocycles. The van der Waals surface area contributed by atoms with Gasteiger partial charge in [0.1, 0.15) is 0 Å². The van der Waals surface area contributed by atoms with Crippen molar-refractivity contribution in [2.24, 2.45) is 5.92 Å². The minimum atomic E-state index is 0.200. The summed E-state index contributed by atoms with van der Waals surface area (Å²) >= 11 is 3.47. The van der Waals surface area contributed by atoms with Crippen LogP contribution in [0, 0.1) is 5.92 Å². The molecule has 0 unspecified atom stereocenters. The Morgan fingerprint density at radius 1 is 1.11 bits per heavy atom. The SMILES string of the molecule is O=C(c1cc2c(cc1Br)OCCCO2)C1CCC1. The van der Waals surface area contributed by atoms with Crippen molar-refractivity contribution in [2.45, 2.75) is 25.7 Å². The number of benzene rings is 1. The third-order valence-corrected chi connectivity index (χ3v) is 4.23.